The summed E-state index contributed by atoms with van der Waals surface area (Å²) in [6.45, 7) is 1.81. The molecule has 3 rings (SSSR count). The van der Waals surface area contributed by atoms with E-state index in [2.05, 4.69) is 20.3 Å². The van der Waals surface area contributed by atoms with Crippen molar-refractivity contribution in [3.05, 3.63) is 27.6 Å². The monoisotopic (exact) mass is 250 g/mol. The number of nitrogens with one attached hydrogen (secondary N) is 2. The molecule has 0 spiro atoms. The Balaban J connectivity index is 2.16. The molecule has 2 N–H and O–H groups in total. The quantitative estimate of drug-likeness (QED) is 0.759. The molecule has 0 atom stereocenters. The third-order valence-corrected chi connectivity index (χ3v) is 3.74. The highest BCUT2D eigenvalue weighted by Gasteiger charge is 2.13. The van der Waals surface area contributed by atoms with Crippen LogP contribution in [-0.4, -0.2) is 21.5 Å². The molecule has 16 heavy (non-hydrogen) atoms. The van der Waals surface area contributed by atoms with E-state index in [-0.39, 0.29) is 0 Å². The maximum Gasteiger partial charge on any atom is 0.150 e. The van der Waals surface area contributed by atoms with E-state index in [0.717, 1.165) is 35.8 Å². The van der Waals surface area contributed by atoms with Gasteiger partial charge in [-0.2, -0.15) is 0 Å². The predicted molar refractivity (Wildman–Crippen MR) is 65.9 cm³/mol. The minimum atomic E-state index is 0.698. The van der Waals surface area contributed by atoms with Gasteiger partial charge in [-0.1, -0.05) is 12.2 Å². The lowest BCUT2D eigenvalue weighted by molar-refractivity contribution is 0.625. The summed E-state index contributed by atoms with van der Waals surface area (Å²) < 4.78 is 0.698. The molecule has 6 heteroatoms. The first-order chi connectivity index (χ1) is 7.84. The maximum atomic E-state index is 5.31. The average molecular weight is 250 g/mol. The number of hydrogen-bond acceptors (Lipinski definition) is 5. The zero-order valence-electron chi connectivity index (χ0n) is 8.49. The van der Waals surface area contributed by atoms with E-state index in [0.29, 0.717) is 4.64 Å². The predicted octanol–water partition coefficient (Wildman–Crippen LogP) is 1.91. The zero-order valence-corrected chi connectivity index (χ0v) is 10.1. The van der Waals surface area contributed by atoms with Crippen LogP contribution in [0.4, 0.5) is 0 Å². The Morgan fingerprint density at radius 2 is 2.38 bits per heavy atom. The van der Waals surface area contributed by atoms with E-state index in [4.69, 9.17) is 12.2 Å². The van der Waals surface area contributed by atoms with Gasteiger partial charge in [0.2, 0.25) is 0 Å². The number of aromatic amines is 1. The van der Waals surface area contributed by atoms with Crippen LogP contribution < -0.4 is 5.32 Å². The van der Waals surface area contributed by atoms with Gasteiger partial charge in [0.25, 0.3) is 0 Å². The van der Waals surface area contributed by atoms with Crippen molar-refractivity contribution in [2.75, 3.05) is 6.54 Å². The molecule has 0 bridgehead atoms. The lowest BCUT2D eigenvalue weighted by Gasteiger charge is -2.17. The van der Waals surface area contributed by atoms with E-state index in [9.17, 15) is 0 Å². The third-order valence-electron chi connectivity index (χ3n) is 2.62. The molecule has 82 valence electrons. The summed E-state index contributed by atoms with van der Waals surface area (Å²) in [5, 5.41) is 3.30. The maximum absolute atomic E-state index is 5.31. The Bertz CT molecular complexity index is 559. The van der Waals surface area contributed by atoms with Gasteiger partial charge < -0.3 is 10.3 Å². The Morgan fingerprint density at radius 1 is 1.44 bits per heavy atom. The fraction of sp³-hybridized carbons (Fsp3) is 0.300. The third kappa shape index (κ3) is 1.68. The summed E-state index contributed by atoms with van der Waals surface area (Å²) in [6, 6.07) is 0. The van der Waals surface area contributed by atoms with Crippen LogP contribution in [0.15, 0.2) is 11.7 Å². The highest BCUT2D eigenvalue weighted by atomic mass is 32.1. The largest absolute Gasteiger partial charge is 0.342 e. The van der Waals surface area contributed by atoms with Crippen LogP contribution >= 0.6 is 23.6 Å². The summed E-state index contributed by atoms with van der Waals surface area (Å²) in [4.78, 5) is 12.9. The smallest absolute Gasteiger partial charge is 0.150 e. The van der Waals surface area contributed by atoms with Crippen LogP contribution in [-0.2, 0) is 13.0 Å². The van der Waals surface area contributed by atoms with Gasteiger partial charge >= 0.3 is 0 Å². The van der Waals surface area contributed by atoms with E-state index in [1.165, 1.54) is 5.69 Å². The SMILES string of the molecule is S=c1nc(-c2cncs2)[nH]c2c1CNCC2. The molecule has 0 aromatic carbocycles. The fourth-order valence-corrected chi connectivity index (χ4v) is 2.67. The van der Waals surface area contributed by atoms with Gasteiger partial charge in [-0.15, -0.1) is 11.3 Å². The second kappa shape index (κ2) is 4.04. The summed E-state index contributed by atoms with van der Waals surface area (Å²) in [6.07, 6.45) is 2.79. The molecular formula is C10H10N4S2. The fourth-order valence-electron chi connectivity index (χ4n) is 1.82. The van der Waals surface area contributed by atoms with Crippen molar-refractivity contribution in [2.45, 2.75) is 13.0 Å². The van der Waals surface area contributed by atoms with Crippen LogP contribution in [0, 0.1) is 4.64 Å². The lowest BCUT2D eigenvalue weighted by atomic mass is 10.1. The van der Waals surface area contributed by atoms with Crippen molar-refractivity contribution in [1.82, 2.24) is 20.3 Å². The van der Waals surface area contributed by atoms with Crippen LogP contribution in [0.2, 0.25) is 0 Å². The normalized spacial score (nSPS) is 14.8. The number of aromatic nitrogens is 3. The van der Waals surface area contributed by atoms with Crippen LogP contribution in [0.5, 0.6) is 0 Å². The van der Waals surface area contributed by atoms with Crippen LogP contribution in [0.1, 0.15) is 11.3 Å². The van der Waals surface area contributed by atoms with Gasteiger partial charge in [0, 0.05) is 37.0 Å². The molecule has 0 aliphatic carbocycles. The number of thiazole rings is 1. The highest BCUT2D eigenvalue weighted by molar-refractivity contribution is 7.71. The number of H-pyrrole nitrogens is 1. The summed E-state index contributed by atoms with van der Waals surface area (Å²) in [5.74, 6) is 0.841. The molecular weight excluding hydrogens is 240 g/mol. The van der Waals surface area contributed by atoms with Crippen molar-refractivity contribution >= 4 is 23.6 Å². The minimum absolute atomic E-state index is 0.698. The van der Waals surface area contributed by atoms with Crippen LogP contribution in [0.25, 0.3) is 10.7 Å². The van der Waals surface area contributed by atoms with E-state index >= 15 is 0 Å². The number of rotatable bonds is 1. The zero-order chi connectivity index (χ0) is 11.0. The highest BCUT2D eigenvalue weighted by Crippen LogP contribution is 2.22. The molecule has 0 saturated heterocycles. The molecule has 0 amide bonds. The summed E-state index contributed by atoms with van der Waals surface area (Å²) in [5.41, 5.74) is 4.14. The molecule has 0 unspecified atom stereocenters. The molecule has 0 saturated carbocycles. The molecule has 0 fully saturated rings. The number of nitrogens with zero attached hydrogens (tertiary/aromatic N) is 2. The second-order valence-corrected chi connectivity index (χ2v) is 4.91. The van der Waals surface area contributed by atoms with Crippen molar-refractivity contribution in [2.24, 2.45) is 0 Å². The molecule has 2 aromatic rings. The first-order valence-electron chi connectivity index (χ1n) is 5.06. The minimum Gasteiger partial charge on any atom is -0.342 e. The van der Waals surface area contributed by atoms with Gasteiger partial charge in [0.1, 0.15) is 4.64 Å². The summed E-state index contributed by atoms with van der Waals surface area (Å²) in [7, 11) is 0. The Labute approximate surface area is 102 Å². The van der Waals surface area contributed by atoms with Crippen molar-refractivity contribution in [3.63, 3.8) is 0 Å². The number of fused-ring (bicyclic) bond motifs is 1. The molecule has 4 nitrogen and oxygen atoms in total. The molecule has 3 heterocycles. The van der Waals surface area contributed by atoms with Gasteiger partial charge in [-0.25, -0.2) is 4.98 Å². The lowest BCUT2D eigenvalue weighted by Crippen LogP contribution is -2.25. The van der Waals surface area contributed by atoms with Gasteiger partial charge in [-0.05, 0) is 0 Å². The number of hydrogen-bond donors (Lipinski definition) is 2. The van der Waals surface area contributed by atoms with E-state index in [1.807, 2.05) is 6.20 Å². The van der Waals surface area contributed by atoms with Crippen molar-refractivity contribution in [3.8, 4) is 10.7 Å². The van der Waals surface area contributed by atoms with Gasteiger partial charge in [-0.3, -0.25) is 4.98 Å². The second-order valence-electron chi connectivity index (χ2n) is 3.64. The van der Waals surface area contributed by atoms with E-state index < -0.39 is 0 Å². The van der Waals surface area contributed by atoms with Crippen molar-refractivity contribution in [1.29, 1.82) is 0 Å². The first-order valence-corrected chi connectivity index (χ1v) is 6.35. The van der Waals surface area contributed by atoms with E-state index in [1.54, 1.807) is 16.8 Å². The molecule has 1 aliphatic heterocycles. The first kappa shape index (κ1) is 10.1. The van der Waals surface area contributed by atoms with Gasteiger partial charge in [0.05, 0.1) is 10.4 Å². The van der Waals surface area contributed by atoms with Crippen LogP contribution in [0.3, 0.4) is 0 Å². The Kier molecular flexibility index (Phi) is 2.55. The summed E-state index contributed by atoms with van der Waals surface area (Å²) >= 11 is 6.88. The van der Waals surface area contributed by atoms with Crippen molar-refractivity contribution < 1.29 is 0 Å². The van der Waals surface area contributed by atoms with Gasteiger partial charge in [0.15, 0.2) is 5.82 Å². The Hall–Kier alpha value is -1.11. The Morgan fingerprint density at radius 3 is 3.19 bits per heavy atom. The standard InChI is InChI=1S/C10H10N4S2/c15-10-6-3-11-2-1-7(6)13-9(14-10)8-4-12-5-16-8/h4-5,11H,1-3H2,(H,13,14,15). The molecule has 1 aliphatic rings. The molecule has 2 aromatic heterocycles. The topological polar surface area (TPSA) is 53.6 Å². The average Bonchev–Trinajstić information content (AvgIpc) is 2.82. The molecule has 0 radical (unpaired) electrons.